The van der Waals surface area contributed by atoms with Gasteiger partial charge in [-0.3, -0.25) is 0 Å². The molecule has 4 heteroatoms. The lowest BCUT2D eigenvalue weighted by molar-refractivity contribution is 0.480. The molecular formula is C21H13FN2O. The summed E-state index contributed by atoms with van der Waals surface area (Å²) in [6.45, 7) is 0. The maximum atomic E-state index is 12.9. The van der Waals surface area contributed by atoms with Crippen LogP contribution in [0.2, 0.25) is 0 Å². The summed E-state index contributed by atoms with van der Waals surface area (Å²) in [7, 11) is 0. The molecule has 3 aromatic carbocycles. The summed E-state index contributed by atoms with van der Waals surface area (Å²) >= 11 is 0. The van der Waals surface area contributed by atoms with Crippen LogP contribution >= 0.6 is 0 Å². The quantitative estimate of drug-likeness (QED) is 0.502. The van der Waals surface area contributed by atoms with E-state index in [-0.39, 0.29) is 5.82 Å². The van der Waals surface area contributed by atoms with E-state index >= 15 is 0 Å². The van der Waals surface area contributed by atoms with Gasteiger partial charge in [0, 0.05) is 17.3 Å². The van der Waals surface area contributed by atoms with E-state index in [1.807, 2.05) is 59.3 Å². The van der Waals surface area contributed by atoms with Crippen LogP contribution in [0.4, 0.5) is 4.39 Å². The Labute approximate surface area is 144 Å². The van der Waals surface area contributed by atoms with Gasteiger partial charge in [0.2, 0.25) is 0 Å². The molecule has 0 saturated heterocycles. The zero-order valence-electron chi connectivity index (χ0n) is 13.2. The van der Waals surface area contributed by atoms with Gasteiger partial charge in [-0.25, -0.2) is 4.39 Å². The number of rotatable bonds is 3. The van der Waals surface area contributed by atoms with Crippen LogP contribution in [0.15, 0.2) is 79.0 Å². The highest BCUT2D eigenvalue weighted by Gasteiger charge is 2.05. The molecule has 0 aliphatic heterocycles. The molecule has 0 fully saturated rings. The van der Waals surface area contributed by atoms with Crippen LogP contribution in [0.1, 0.15) is 5.56 Å². The van der Waals surface area contributed by atoms with Gasteiger partial charge in [0.05, 0.1) is 17.1 Å². The Bertz CT molecular complexity index is 1070. The number of hydrogen-bond acceptors (Lipinski definition) is 2. The fourth-order valence-electron chi connectivity index (χ4n) is 2.74. The molecule has 4 rings (SSSR count). The lowest BCUT2D eigenvalue weighted by atomic mass is 10.2. The van der Waals surface area contributed by atoms with E-state index < -0.39 is 0 Å². The third-order valence-electron chi connectivity index (χ3n) is 3.99. The first-order valence-electron chi connectivity index (χ1n) is 7.78. The Kier molecular flexibility index (Phi) is 3.68. The van der Waals surface area contributed by atoms with E-state index in [4.69, 9.17) is 10.00 Å². The molecule has 0 amide bonds. The summed E-state index contributed by atoms with van der Waals surface area (Å²) in [6.07, 6.45) is 1.97. The second-order valence-electron chi connectivity index (χ2n) is 5.62. The summed E-state index contributed by atoms with van der Waals surface area (Å²) in [5.74, 6) is 0.961. The van der Waals surface area contributed by atoms with Crippen molar-refractivity contribution in [2.24, 2.45) is 0 Å². The van der Waals surface area contributed by atoms with Crippen molar-refractivity contribution in [1.82, 2.24) is 4.57 Å². The molecule has 1 aromatic heterocycles. The van der Waals surface area contributed by atoms with E-state index in [9.17, 15) is 4.39 Å². The summed E-state index contributed by atoms with van der Waals surface area (Å²) < 4.78 is 20.7. The van der Waals surface area contributed by atoms with Crippen LogP contribution < -0.4 is 4.74 Å². The smallest absolute Gasteiger partial charge is 0.127 e. The molecule has 3 nitrogen and oxygen atoms in total. The van der Waals surface area contributed by atoms with Crippen LogP contribution in [0.25, 0.3) is 16.6 Å². The number of nitrogens with zero attached hydrogens (tertiary/aromatic N) is 2. The van der Waals surface area contributed by atoms with Gasteiger partial charge in [-0.05, 0) is 66.7 Å². The molecule has 0 aliphatic carbocycles. The van der Waals surface area contributed by atoms with Crippen LogP contribution in [-0.2, 0) is 0 Å². The van der Waals surface area contributed by atoms with Gasteiger partial charge in [-0.2, -0.15) is 5.26 Å². The van der Waals surface area contributed by atoms with Crippen molar-refractivity contribution in [2.75, 3.05) is 0 Å². The minimum Gasteiger partial charge on any atom is -0.457 e. The first kappa shape index (κ1) is 15.0. The summed E-state index contributed by atoms with van der Waals surface area (Å²) in [5.41, 5.74) is 2.58. The Morgan fingerprint density at radius 1 is 0.840 bits per heavy atom. The van der Waals surface area contributed by atoms with Crippen molar-refractivity contribution >= 4 is 10.9 Å². The fraction of sp³-hybridized carbons (Fsp3) is 0. The number of fused-ring (bicyclic) bond motifs is 1. The minimum atomic E-state index is -0.293. The third kappa shape index (κ3) is 2.96. The first-order valence-corrected chi connectivity index (χ1v) is 7.78. The van der Waals surface area contributed by atoms with E-state index in [1.165, 1.54) is 12.1 Å². The molecule has 25 heavy (non-hydrogen) atoms. The molecule has 0 aliphatic rings. The molecule has 4 aromatic rings. The lowest BCUT2D eigenvalue weighted by Crippen LogP contribution is -1.92. The molecule has 0 radical (unpaired) electrons. The topological polar surface area (TPSA) is 38.0 Å². The average Bonchev–Trinajstić information content (AvgIpc) is 3.07. The molecule has 0 spiro atoms. The van der Waals surface area contributed by atoms with Crippen molar-refractivity contribution in [3.63, 3.8) is 0 Å². The predicted molar refractivity (Wildman–Crippen MR) is 94.5 cm³/mol. The van der Waals surface area contributed by atoms with Gasteiger partial charge >= 0.3 is 0 Å². The maximum absolute atomic E-state index is 12.9. The highest BCUT2D eigenvalue weighted by Crippen LogP contribution is 2.25. The molecule has 0 bridgehead atoms. The predicted octanol–water partition coefficient (Wildman–Crippen LogP) is 5.43. The number of ether oxygens (including phenoxy) is 1. The third-order valence-corrected chi connectivity index (χ3v) is 3.99. The van der Waals surface area contributed by atoms with Crippen molar-refractivity contribution < 1.29 is 9.13 Å². The van der Waals surface area contributed by atoms with Gasteiger partial charge in [-0.1, -0.05) is 6.07 Å². The second-order valence-corrected chi connectivity index (χ2v) is 5.62. The SMILES string of the molecule is N#Cc1ccc2ccn(-c3ccc(Oc4ccc(F)cc4)cc3)c2c1. The highest BCUT2D eigenvalue weighted by molar-refractivity contribution is 5.83. The molecular weight excluding hydrogens is 315 g/mol. The molecule has 0 atom stereocenters. The van der Waals surface area contributed by atoms with Gasteiger partial charge < -0.3 is 9.30 Å². The van der Waals surface area contributed by atoms with Crippen LogP contribution in [-0.4, -0.2) is 4.57 Å². The molecule has 120 valence electrons. The number of benzene rings is 3. The number of hydrogen-bond donors (Lipinski definition) is 0. The molecule has 0 saturated carbocycles. The monoisotopic (exact) mass is 328 g/mol. The number of halogens is 1. The van der Waals surface area contributed by atoms with E-state index in [2.05, 4.69) is 6.07 Å². The Balaban J connectivity index is 1.64. The Hall–Kier alpha value is -3.58. The van der Waals surface area contributed by atoms with Gasteiger partial charge in [0.1, 0.15) is 17.3 Å². The van der Waals surface area contributed by atoms with Gasteiger partial charge in [0.25, 0.3) is 0 Å². The lowest BCUT2D eigenvalue weighted by Gasteiger charge is -2.09. The highest BCUT2D eigenvalue weighted by atomic mass is 19.1. The summed E-state index contributed by atoms with van der Waals surface area (Å²) in [4.78, 5) is 0. The van der Waals surface area contributed by atoms with E-state index in [1.54, 1.807) is 12.1 Å². The standard InChI is InChI=1S/C21H13FN2O/c22-17-3-7-19(8-4-17)25-20-9-5-18(6-10-20)24-12-11-16-2-1-15(14-23)13-21(16)24/h1-13H. The zero-order valence-corrected chi connectivity index (χ0v) is 13.2. The summed E-state index contributed by atoms with van der Waals surface area (Å²) in [5, 5.41) is 10.2. The minimum absolute atomic E-state index is 0.293. The summed E-state index contributed by atoms with van der Waals surface area (Å²) in [6, 6.07) is 23.3. The van der Waals surface area contributed by atoms with Crippen molar-refractivity contribution in [1.29, 1.82) is 5.26 Å². The van der Waals surface area contributed by atoms with Gasteiger partial charge in [0.15, 0.2) is 0 Å². The van der Waals surface area contributed by atoms with E-state index in [0.717, 1.165) is 16.6 Å². The Morgan fingerprint density at radius 3 is 2.20 bits per heavy atom. The van der Waals surface area contributed by atoms with Crippen LogP contribution in [0, 0.1) is 17.1 Å². The van der Waals surface area contributed by atoms with Crippen molar-refractivity contribution in [3.8, 4) is 23.3 Å². The average molecular weight is 328 g/mol. The molecule has 0 N–H and O–H groups in total. The second kappa shape index (κ2) is 6.14. The van der Waals surface area contributed by atoms with Gasteiger partial charge in [-0.15, -0.1) is 0 Å². The fourth-order valence-corrected chi connectivity index (χ4v) is 2.74. The first-order chi connectivity index (χ1) is 12.2. The number of nitriles is 1. The van der Waals surface area contributed by atoms with Crippen molar-refractivity contribution in [2.45, 2.75) is 0 Å². The van der Waals surface area contributed by atoms with E-state index in [0.29, 0.717) is 17.1 Å². The largest absolute Gasteiger partial charge is 0.457 e. The maximum Gasteiger partial charge on any atom is 0.127 e. The van der Waals surface area contributed by atoms with Crippen LogP contribution in [0.5, 0.6) is 11.5 Å². The number of aromatic nitrogens is 1. The Morgan fingerprint density at radius 2 is 1.52 bits per heavy atom. The normalized spacial score (nSPS) is 10.6. The molecule has 0 unspecified atom stereocenters. The van der Waals surface area contributed by atoms with Crippen molar-refractivity contribution in [3.05, 3.63) is 90.4 Å². The zero-order chi connectivity index (χ0) is 17.2. The molecule has 1 heterocycles. The van der Waals surface area contributed by atoms with Crippen LogP contribution in [0.3, 0.4) is 0 Å².